The average molecular weight is 85.9 g/mol. The summed E-state index contributed by atoms with van der Waals surface area (Å²) in [6.45, 7) is 0. The normalized spacial score (nSPS) is 27.2. The Hall–Kier alpha value is 0.495. The van der Waals surface area contributed by atoms with Crippen LogP contribution in [-0.4, -0.2) is 19.5 Å². The van der Waals surface area contributed by atoms with E-state index < -0.39 is 0 Å². The van der Waals surface area contributed by atoms with E-state index in [1.807, 2.05) is 0 Å². The Kier molecular flexibility index (Phi) is 1.34. The van der Waals surface area contributed by atoms with E-state index in [9.17, 15) is 0 Å². The molecule has 0 amide bonds. The maximum atomic E-state index is 1.53. The molecule has 1 fully saturated rings. The summed E-state index contributed by atoms with van der Waals surface area (Å²) in [7, 11) is 2.82. The SMILES string of the molecule is B1CCPC1. The summed E-state index contributed by atoms with van der Waals surface area (Å²) in [4.78, 5) is 0. The van der Waals surface area contributed by atoms with Crippen molar-refractivity contribution in [1.29, 1.82) is 0 Å². The molecule has 1 aliphatic heterocycles. The van der Waals surface area contributed by atoms with Crippen LogP contribution in [0, 0.1) is 0 Å². The van der Waals surface area contributed by atoms with Gasteiger partial charge in [-0.05, 0) is 6.16 Å². The Morgan fingerprint density at radius 2 is 2.60 bits per heavy atom. The molecule has 0 aromatic rings. The first kappa shape index (κ1) is 3.68. The standard InChI is InChI=1S/C3H8BP/c1-2-5-3-4-1/h4-5H,1-3H2. The number of hydrogen-bond acceptors (Lipinski definition) is 0. The fraction of sp³-hybridized carbons (Fsp3) is 1.00. The van der Waals surface area contributed by atoms with Gasteiger partial charge in [-0.15, -0.1) is 8.58 Å². The Morgan fingerprint density at radius 3 is 2.80 bits per heavy atom. The van der Waals surface area contributed by atoms with Crippen LogP contribution >= 0.6 is 8.58 Å². The highest BCUT2D eigenvalue weighted by Crippen LogP contribution is 2.16. The highest BCUT2D eigenvalue weighted by Gasteiger charge is 1.97. The van der Waals surface area contributed by atoms with Crippen molar-refractivity contribution in [2.45, 2.75) is 6.32 Å². The molecule has 2 heteroatoms. The largest absolute Gasteiger partial charge is 0.131 e. The molecule has 0 aromatic heterocycles. The zero-order chi connectivity index (χ0) is 3.54. The Bertz CT molecular complexity index is 18.5. The summed E-state index contributed by atoms with van der Waals surface area (Å²) < 4.78 is 0. The first-order valence-corrected chi connectivity index (χ1v) is 3.62. The van der Waals surface area contributed by atoms with E-state index in [2.05, 4.69) is 0 Å². The zero-order valence-corrected chi connectivity index (χ0v) is 4.33. The number of rotatable bonds is 0. The first-order chi connectivity index (χ1) is 2.50. The van der Waals surface area contributed by atoms with E-state index in [1.165, 1.54) is 34.4 Å². The summed E-state index contributed by atoms with van der Waals surface area (Å²) in [6, 6.07) is 1.53. The fourth-order valence-corrected chi connectivity index (χ4v) is 1.87. The lowest BCUT2D eigenvalue weighted by Crippen LogP contribution is -1.78. The molecule has 1 atom stereocenters. The van der Waals surface area contributed by atoms with E-state index in [0.29, 0.717) is 0 Å². The van der Waals surface area contributed by atoms with Gasteiger partial charge in [-0.1, -0.05) is 12.4 Å². The molecule has 28 valence electrons. The van der Waals surface area contributed by atoms with Crippen LogP contribution < -0.4 is 0 Å². The maximum Gasteiger partial charge on any atom is 0.125 e. The van der Waals surface area contributed by atoms with Gasteiger partial charge in [0.2, 0.25) is 0 Å². The maximum absolute atomic E-state index is 1.53. The lowest BCUT2D eigenvalue weighted by molar-refractivity contribution is 1.51. The third kappa shape index (κ3) is 0.927. The molecule has 0 saturated carbocycles. The van der Waals surface area contributed by atoms with Gasteiger partial charge in [0, 0.05) is 0 Å². The van der Waals surface area contributed by atoms with Gasteiger partial charge in [-0.25, -0.2) is 0 Å². The van der Waals surface area contributed by atoms with E-state index in [-0.39, 0.29) is 0 Å². The van der Waals surface area contributed by atoms with Gasteiger partial charge in [0.25, 0.3) is 0 Å². The predicted octanol–water partition coefficient (Wildman–Crippen LogP) is 0.491. The minimum absolute atomic E-state index is 1.31. The van der Waals surface area contributed by atoms with Crippen molar-refractivity contribution in [3.8, 4) is 0 Å². The van der Waals surface area contributed by atoms with Crippen molar-refractivity contribution in [1.82, 2.24) is 0 Å². The van der Waals surface area contributed by atoms with Crippen molar-refractivity contribution >= 4 is 15.9 Å². The van der Waals surface area contributed by atoms with E-state index >= 15 is 0 Å². The molecule has 0 N–H and O–H groups in total. The minimum Gasteiger partial charge on any atom is -0.131 e. The van der Waals surface area contributed by atoms with E-state index in [1.54, 1.807) is 0 Å². The van der Waals surface area contributed by atoms with Crippen molar-refractivity contribution in [3.63, 3.8) is 0 Å². The first-order valence-electron chi connectivity index (χ1n) is 2.21. The van der Waals surface area contributed by atoms with Crippen molar-refractivity contribution in [2.75, 3.05) is 12.2 Å². The van der Waals surface area contributed by atoms with Crippen LogP contribution in [0.4, 0.5) is 0 Å². The molecule has 1 heterocycles. The van der Waals surface area contributed by atoms with Crippen LogP contribution in [0.25, 0.3) is 0 Å². The second-order valence-corrected chi connectivity index (χ2v) is 2.96. The Balaban J connectivity index is 2.08. The molecular formula is C3H8BP. The summed E-state index contributed by atoms with van der Waals surface area (Å²) in [5.41, 5.74) is 0. The molecule has 5 heavy (non-hydrogen) atoms. The Labute approximate surface area is 35.4 Å². The second-order valence-electron chi connectivity index (χ2n) is 1.46. The van der Waals surface area contributed by atoms with E-state index in [0.717, 1.165) is 0 Å². The molecule has 0 aromatic carbocycles. The summed E-state index contributed by atoms with van der Waals surface area (Å²) >= 11 is 0. The van der Waals surface area contributed by atoms with Gasteiger partial charge in [0.15, 0.2) is 0 Å². The van der Waals surface area contributed by atoms with Crippen molar-refractivity contribution < 1.29 is 0 Å². The third-order valence-corrected chi connectivity index (χ3v) is 2.37. The summed E-state index contributed by atoms with van der Waals surface area (Å²) in [5.74, 6) is 0. The van der Waals surface area contributed by atoms with Gasteiger partial charge in [-0.2, -0.15) is 0 Å². The zero-order valence-electron chi connectivity index (χ0n) is 3.33. The Morgan fingerprint density at radius 1 is 1.60 bits per heavy atom. The van der Waals surface area contributed by atoms with Crippen LogP contribution in [-0.2, 0) is 0 Å². The molecule has 1 saturated heterocycles. The molecule has 0 bridgehead atoms. The summed E-state index contributed by atoms with van der Waals surface area (Å²) in [6.07, 6.45) is 3.04. The molecule has 0 aliphatic carbocycles. The third-order valence-electron chi connectivity index (χ3n) is 0.957. The van der Waals surface area contributed by atoms with Crippen LogP contribution in [0.2, 0.25) is 6.32 Å². The monoisotopic (exact) mass is 86.0 g/mol. The topological polar surface area (TPSA) is 0 Å². The minimum atomic E-state index is 1.31. The van der Waals surface area contributed by atoms with Gasteiger partial charge < -0.3 is 0 Å². The lowest BCUT2D eigenvalue weighted by Gasteiger charge is -1.70. The molecule has 0 spiro atoms. The second kappa shape index (κ2) is 1.82. The molecule has 0 nitrogen and oxygen atoms in total. The van der Waals surface area contributed by atoms with Crippen LogP contribution in [0.1, 0.15) is 0 Å². The lowest BCUT2D eigenvalue weighted by atomic mass is 9.79. The number of hydrogen-bond donors (Lipinski definition) is 0. The molecule has 1 rings (SSSR count). The highest BCUT2D eigenvalue weighted by atomic mass is 31.1. The molecule has 1 unspecified atom stereocenters. The van der Waals surface area contributed by atoms with E-state index in [4.69, 9.17) is 0 Å². The fourth-order valence-electron chi connectivity index (χ4n) is 0.625. The summed E-state index contributed by atoms with van der Waals surface area (Å²) in [5, 5.41) is 0. The van der Waals surface area contributed by atoms with Gasteiger partial charge in [0.1, 0.15) is 7.28 Å². The van der Waals surface area contributed by atoms with Crippen LogP contribution in [0.15, 0.2) is 0 Å². The quantitative estimate of drug-likeness (QED) is 0.297. The molecule has 0 radical (unpaired) electrons. The smallest absolute Gasteiger partial charge is 0.125 e. The van der Waals surface area contributed by atoms with Gasteiger partial charge >= 0.3 is 0 Å². The average Bonchev–Trinajstić information content (AvgIpc) is 1.76. The van der Waals surface area contributed by atoms with Crippen LogP contribution in [0.3, 0.4) is 0 Å². The van der Waals surface area contributed by atoms with Crippen molar-refractivity contribution in [2.24, 2.45) is 0 Å². The molecular weight excluding hydrogens is 77.8 g/mol. The highest BCUT2D eigenvalue weighted by molar-refractivity contribution is 7.42. The predicted molar refractivity (Wildman–Crippen MR) is 30.0 cm³/mol. The van der Waals surface area contributed by atoms with Crippen molar-refractivity contribution in [3.05, 3.63) is 0 Å². The van der Waals surface area contributed by atoms with Crippen LogP contribution in [0.5, 0.6) is 0 Å². The molecule has 1 aliphatic rings. The van der Waals surface area contributed by atoms with Gasteiger partial charge in [-0.3, -0.25) is 0 Å². The van der Waals surface area contributed by atoms with Gasteiger partial charge in [0.05, 0.1) is 0 Å².